The predicted molar refractivity (Wildman–Crippen MR) is 102 cm³/mol. The molecule has 1 aliphatic heterocycles. The number of nitrogens with one attached hydrogen (secondary N) is 1. The van der Waals surface area contributed by atoms with Crippen LogP contribution in [0.2, 0.25) is 0 Å². The van der Waals surface area contributed by atoms with Crippen LogP contribution in [0.5, 0.6) is 23.0 Å². The second-order valence-electron chi connectivity index (χ2n) is 6.62. The molecule has 3 aromatic rings. The summed E-state index contributed by atoms with van der Waals surface area (Å²) < 4.78 is 16.5. The minimum atomic E-state index is -1.34. The van der Waals surface area contributed by atoms with E-state index in [9.17, 15) is 15.0 Å². The molecule has 4 rings (SSSR count). The van der Waals surface area contributed by atoms with Gasteiger partial charge in [0.05, 0.1) is 19.2 Å². The Morgan fingerprint density at radius 1 is 1.21 bits per heavy atom. The minimum absolute atomic E-state index is 0.0806. The van der Waals surface area contributed by atoms with Gasteiger partial charge in [0.15, 0.2) is 11.5 Å². The largest absolute Gasteiger partial charge is 0.546 e. The Bertz CT molecular complexity index is 1060. The number of H-pyrrole nitrogens is 1. The van der Waals surface area contributed by atoms with Crippen molar-refractivity contribution >= 4 is 5.97 Å². The highest BCUT2D eigenvalue weighted by Gasteiger charge is 2.20. The van der Waals surface area contributed by atoms with E-state index >= 15 is 0 Å². The second kappa shape index (κ2) is 7.75. The van der Waals surface area contributed by atoms with Crippen LogP contribution in [0.15, 0.2) is 36.4 Å². The first-order valence-corrected chi connectivity index (χ1v) is 9.14. The van der Waals surface area contributed by atoms with Gasteiger partial charge in [0, 0.05) is 29.3 Å². The molecular weight excluding hydrogens is 376 g/mol. The Morgan fingerprint density at radius 3 is 2.76 bits per heavy atom. The monoisotopic (exact) mass is 395 g/mol. The van der Waals surface area contributed by atoms with E-state index in [2.05, 4.69) is 10.2 Å². The molecule has 0 aliphatic carbocycles. The number of hydrogen-bond acceptors (Lipinski definition) is 7. The fourth-order valence-corrected chi connectivity index (χ4v) is 3.24. The summed E-state index contributed by atoms with van der Waals surface area (Å²) in [6.45, 7) is 2.50. The number of carbonyl (C=O) groups excluding carboxylic acids is 1. The quantitative estimate of drug-likeness (QED) is 0.679. The molecule has 0 bridgehead atoms. The number of carbonyl (C=O) groups is 1. The zero-order valence-corrected chi connectivity index (χ0v) is 15.7. The molecule has 2 heterocycles. The Kier molecular flexibility index (Phi) is 4.99. The van der Waals surface area contributed by atoms with Crippen molar-refractivity contribution in [2.24, 2.45) is 0 Å². The van der Waals surface area contributed by atoms with Gasteiger partial charge in [-0.25, -0.2) is 0 Å². The summed E-state index contributed by atoms with van der Waals surface area (Å²) in [6.07, 6.45) is 0.820. The van der Waals surface area contributed by atoms with E-state index in [1.807, 2.05) is 25.1 Å². The van der Waals surface area contributed by atoms with Crippen LogP contribution >= 0.6 is 0 Å². The second-order valence-corrected chi connectivity index (χ2v) is 6.62. The zero-order chi connectivity index (χ0) is 20.4. The van der Waals surface area contributed by atoms with Crippen molar-refractivity contribution in [3.8, 4) is 45.4 Å². The molecule has 29 heavy (non-hydrogen) atoms. The van der Waals surface area contributed by atoms with Gasteiger partial charge in [-0.2, -0.15) is 5.10 Å². The lowest BCUT2D eigenvalue weighted by molar-refractivity contribution is -0.307. The number of phenols is 1. The van der Waals surface area contributed by atoms with Crippen LogP contribution in [0.25, 0.3) is 22.4 Å². The van der Waals surface area contributed by atoms with Crippen molar-refractivity contribution in [3.05, 3.63) is 42.1 Å². The molecule has 0 fully saturated rings. The van der Waals surface area contributed by atoms with Gasteiger partial charge in [-0.3, -0.25) is 5.10 Å². The van der Waals surface area contributed by atoms with Crippen molar-refractivity contribution < 1.29 is 29.2 Å². The maximum atomic E-state index is 10.5. The highest BCUT2D eigenvalue weighted by atomic mass is 16.5. The topological polar surface area (TPSA) is 117 Å². The molecule has 8 nitrogen and oxygen atoms in total. The molecule has 0 spiro atoms. The van der Waals surface area contributed by atoms with E-state index in [0.717, 1.165) is 23.2 Å². The maximum Gasteiger partial charge on any atom is 0.161 e. The number of nitrogens with zero attached hydrogens (tertiary/aromatic N) is 1. The number of aromatic hydroxyl groups is 1. The van der Waals surface area contributed by atoms with Crippen LogP contribution in [0.1, 0.15) is 12.1 Å². The lowest BCUT2D eigenvalue weighted by Gasteiger charge is -2.12. The first-order valence-electron chi connectivity index (χ1n) is 9.14. The van der Waals surface area contributed by atoms with Crippen LogP contribution in [-0.2, 0) is 4.79 Å². The molecule has 0 radical (unpaired) electrons. The van der Waals surface area contributed by atoms with Crippen molar-refractivity contribution in [1.29, 1.82) is 0 Å². The number of carboxylic acids is 1. The summed E-state index contributed by atoms with van der Waals surface area (Å²) in [4.78, 5) is 10.5. The van der Waals surface area contributed by atoms with Gasteiger partial charge in [0.2, 0.25) is 0 Å². The minimum Gasteiger partial charge on any atom is -0.546 e. The smallest absolute Gasteiger partial charge is 0.161 e. The van der Waals surface area contributed by atoms with Gasteiger partial charge in [-0.05, 0) is 36.8 Å². The Labute approximate surface area is 166 Å². The van der Waals surface area contributed by atoms with Crippen LogP contribution < -0.4 is 19.3 Å². The Balaban J connectivity index is 1.71. The highest BCUT2D eigenvalue weighted by Crippen LogP contribution is 2.41. The number of ether oxygens (including phenoxy) is 3. The first-order chi connectivity index (χ1) is 14.0. The van der Waals surface area contributed by atoms with Crippen LogP contribution in [0, 0.1) is 6.92 Å². The number of phenolic OH excluding ortho intramolecular Hbond substituents is 1. The number of rotatable bonds is 5. The fraction of sp³-hybridized carbons (Fsp3) is 0.238. The molecular formula is C21H19N2O6-. The Morgan fingerprint density at radius 2 is 2.00 bits per heavy atom. The first kappa shape index (κ1) is 18.7. The number of aromatic amines is 1. The third-order valence-electron chi connectivity index (χ3n) is 4.56. The summed E-state index contributed by atoms with van der Waals surface area (Å²) in [5.41, 5.74) is 3.55. The summed E-state index contributed by atoms with van der Waals surface area (Å²) in [6, 6.07) is 10.2. The van der Waals surface area contributed by atoms with Crippen molar-refractivity contribution in [3.63, 3.8) is 0 Å². The molecule has 1 aliphatic rings. The fourth-order valence-electron chi connectivity index (χ4n) is 3.24. The summed E-state index contributed by atoms with van der Waals surface area (Å²) >= 11 is 0. The van der Waals surface area contributed by atoms with Gasteiger partial charge >= 0.3 is 0 Å². The van der Waals surface area contributed by atoms with Gasteiger partial charge in [0.1, 0.15) is 23.8 Å². The maximum absolute atomic E-state index is 10.5. The molecule has 150 valence electrons. The van der Waals surface area contributed by atoms with Gasteiger partial charge in [-0.15, -0.1) is 0 Å². The summed E-state index contributed by atoms with van der Waals surface area (Å²) in [7, 11) is 0. The van der Waals surface area contributed by atoms with E-state index in [1.54, 1.807) is 12.1 Å². The molecule has 0 amide bonds. The number of aliphatic carboxylic acids is 1. The number of benzene rings is 2. The normalized spacial score (nSPS) is 13.0. The lowest BCUT2D eigenvalue weighted by Crippen LogP contribution is -2.28. The molecule has 0 unspecified atom stereocenters. The molecule has 0 atom stereocenters. The average Bonchev–Trinajstić information content (AvgIpc) is 2.93. The number of aryl methyl sites for hydroxylation is 1. The van der Waals surface area contributed by atoms with Gasteiger partial charge < -0.3 is 29.2 Å². The van der Waals surface area contributed by atoms with Crippen LogP contribution in [0.4, 0.5) is 0 Å². The SMILES string of the molecule is Cc1[nH]nc(-c2ccc(OCC(=O)[O-])cc2O)c1-c1ccc2c(c1)OCCCO2. The van der Waals surface area contributed by atoms with E-state index in [4.69, 9.17) is 14.2 Å². The number of hydrogen-bond donors (Lipinski definition) is 2. The van der Waals surface area contributed by atoms with Gasteiger partial charge in [0.25, 0.3) is 0 Å². The molecule has 8 heteroatoms. The molecule has 2 aromatic carbocycles. The third kappa shape index (κ3) is 3.82. The number of aromatic nitrogens is 2. The van der Waals surface area contributed by atoms with Crippen LogP contribution in [0.3, 0.4) is 0 Å². The lowest BCUT2D eigenvalue weighted by atomic mass is 9.98. The summed E-state index contributed by atoms with van der Waals surface area (Å²) in [5, 5.41) is 28.3. The molecule has 1 aromatic heterocycles. The van der Waals surface area contributed by atoms with Crippen molar-refractivity contribution in [2.45, 2.75) is 13.3 Å². The van der Waals surface area contributed by atoms with E-state index in [-0.39, 0.29) is 11.5 Å². The third-order valence-corrected chi connectivity index (χ3v) is 4.56. The Hall–Kier alpha value is -3.68. The zero-order valence-electron chi connectivity index (χ0n) is 15.7. The molecule has 0 saturated carbocycles. The highest BCUT2D eigenvalue weighted by molar-refractivity contribution is 5.86. The van der Waals surface area contributed by atoms with E-state index in [0.29, 0.717) is 36.0 Å². The van der Waals surface area contributed by atoms with Crippen LogP contribution in [-0.4, -0.2) is 41.1 Å². The molecule has 2 N–H and O–H groups in total. The number of carboxylic acid groups (broad SMARTS) is 1. The van der Waals surface area contributed by atoms with Crippen molar-refractivity contribution in [1.82, 2.24) is 10.2 Å². The standard InChI is InChI=1S/C21H20N2O6/c1-12-20(13-3-6-17-18(9-13)28-8-2-7-27-17)21(23-22-12)15-5-4-14(10-16(15)24)29-11-19(25)26/h3-6,9-10,24H,2,7-8,11H2,1H3,(H,22,23)(H,25,26)/p-1. The van der Waals surface area contributed by atoms with E-state index < -0.39 is 12.6 Å². The summed E-state index contributed by atoms with van der Waals surface area (Å²) in [5.74, 6) is 0.170. The number of fused-ring (bicyclic) bond motifs is 1. The van der Waals surface area contributed by atoms with Gasteiger partial charge in [-0.1, -0.05) is 6.07 Å². The van der Waals surface area contributed by atoms with E-state index in [1.165, 1.54) is 6.07 Å². The predicted octanol–water partition coefficient (Wildman–Crippen LogP) is 2.05. The molecule has 0 saturated heterocycles. The van der Waals surface area contributed by atoms with Crippen molar-refractivity contribution in [2.75, 3.05) is 19.8 Å². The average molecular weight is 395 g/mol.